The van der Waals surface area contributed by atoms with E-state index >= 15 is 0 Å². The molecule has 2 heterocycles. The van der Waals surface area contributed by atoms with Crippen molar-refractivity contribution in [2.24, 2.45) is 0 Å². The molecule has 0 aromatic carbocycles. The van der Waals surface area contributed by atoms with Crippen LogP contribution in [0.3, 0.4) is 0 Å². The number of halogens is 1. The molecule has 0 aliphatic heterocycles. The van der Waals surface area contributed by atoms with Gasteiger partial charge in [0.25, 0.3) is 0 Å². The van der Waals surface area contributed by atoms with E-state index in [9.17, 15) is 0 Å². The normalized spacial score (nSPS) is 10.5. The molecule has 0 aliphatic rings. The van der Waals surface area contributed by atoms with Crippen molar-refractivity contribution >= 4 is 22.5 Å². The van der Waals surface area contributed by atoms with Crippen molar-refractivity contribution in [2.45, 2.75) is 0 Å². The van der Waals surface area contributed by atoms with Gasteiger partial charge in [-0.2, -0.15) is 0 Å². The highest BCUT2D eigenvalue weighted by Gasteiger charge is 1.94. The zero-order valence-electron chi connectivity index (χ0n) is 5.06. The SMILES string of the molecule is Clc1cc2[c]c[nH]c2cn1. The summed E-state index contributed by atoms with van der Waals surface area (Å²) < 4.78 is 0. The van der Waals surface area contributed by atoms with Crippen molar-refractivity contribution in [1.82, 2.24) is 9.97 Å². The fraction of sp³-hybridized carbons (Fsp3) is 0. The van der Waals surface area contributed by atoms with Crippen molar-refractivity contribution in [3.05, 3.63) is 29.7 Å². The summed E-state index contributed by atoms with van der Waals surface area (Å²) in [5, 5.41) is 1.48. The lowest BCUT2D eigenvalue weighted by Gasteiger charge is -1.87. The van der Waals surface area contributed by atoms with E-state index in [0.717, 1.165) is 10.9 Å². The van der Waals surface area contributed by atoms with Gasteiger partial charge >= 0.3 is 0 Å². The Labute approximate surface area is 62.8 Å². The predicted octanol–water partition coefficient (Wildman–Crippen LogP) is 2.02. The Morgan fingerprint density at radius 3 is 3.40 bits per heavy atom. The van der Waals surface area contributed by atoms with Crippen molar-refractivity contribution in [3.8, 4) is 0 Å². The minimum atomic E-state index is 0.503. The van der Waals surface area contributed by atoms with Gasteiger partial charge in [0, 0.05) is 17.6 Å². The molecule has 10 heavy (non-hydrogen) atoms. The smallest absolute Gasteiger partial charge is 0.129 e. The Hall–Kier alpha value is -1.02. The number of aromatic nitrogens is 2. The summed E-state index contributed by atoms with van der Waals surface area (Å²) in [5.74, 6) is 0. The summed E-state index contributed by atoms with van der Waals surface area (Å²) in [5.41, 5.74) is 0.962. The number of hydrogen-bond acceptors (Lipinski definition) is 1. The number of pyridine rings is 1. The van der Waals surface area contributed by atoms with Crippen molar-refractivity contribution in [2.75, 3.05) is 0 Å². The van der Waals surface area contributed by atoms with Crippen LogP contribution in [-0.2, 0) is 0 Å². The number of nitrogens with one attached hydrogen (secondary N) is 1. The minimum absolute atomic E-state index is 0.503. The Balaban J connectivity index is 2.86. The monoisotopic (exact) mass is 151 g/mol. The molecule has 0 saturated heterocycles. The number of hydrogen-bond donors (Lipinski definition) is 1. The van der Waals surface area contributed by atoms with Gasteiger partial charge in [0.2, 0.25) is 0 Å². The summed E-state index contributed by atoms with van der Waals surface area (Å²) in [4.78, 5) is 6.86. The maximum Gasteiger partial charge on any atom is 0.129 e. The van der Waals surface area contributed by atoms with Gasteiger partial charge in [0.1, 0.15) is 5.15 Å². The molecular formula is C7H4ClN2. The van der Waals surface area contributed by atoms with E-state index in [1.165, 1.54) is 0 Å². The summed E-state index contributed by atoms with van der Waals surface area (Å²) >= 11 is 5.63. The molecule has 1 radical (unpaired) electrons. The van der Waals surface area contributed by atoms with E-state index in [0.29, 0.717) is 5.15 Å². The van der Waals surface area contributed by atoms with Crippen molar-refractivity contribution < 1.29 is 0 Å². The summed E-state index contributed by atoms with van der Waals surface area (Å²) in [6.45, 7) is 0. The van der Waals surface area contributed by atoms with E-state index in [4.69, 9.17) is 11.6 Å². The van der Waals surface area contributed by atoms with Crippen LogP contribution in [0.15, 0.2) is 18.5 Å². The zero-order chi connectivity index (χ0) is 6.97. The number of H-pyrrole nitrogens is 1. The molecule has 2 aromatic rings. The molecule has 1 N–H and O–H groups in total. The van der Waals surface area contributed by atoms with Crippen LogP contribution >= 0.6 is 11.6 Å². The predicted molar refractivity (Wildman–Crippen MR) is 39.9 cm³/mol. The Kier molecular flexibility index (Phi) is 1.14. The highest BCUT2D eigenvalue weighted by molar-refractivity contribution is 6.30. The van der Waals surface area contributed by atoms with Crippen LogP contribution in [-0.4, -0.2) is 9.97 Å². The zero-order valence-corrected chi connectivity index (χ0v) is 5.81. The third-order valence-electron chi connectivity index (χ3n) is 1.33. The first kappa shape index (κ1) is 5.74. The molecule has 0 bridgehead atoms. The van der Waals surface area contributed by atoms with Crippen LogP contribution in [0.2, 0.25) is 5.15 Å². The molecule has 0 saturated carbocycles. The maximum absolute atomic E-state index is 5.63. The fourth-order valence-electron chi connectivity index (χ4n) is 0.856. The Bertz CT molecular complexity index is 353. The van der Waals surface area contributed by atoms with Gasteiger partial charge in [-0.1, -0.05) is 11.6 Å². The second-order valence-electron chi connectivity index (χ2n) is 1.99. The van der Waals surface area contributed by atoms with Gasteiger partial charge in [0.05, 0.1) is 11.7 Å². The molecule has 0 unspecified atom stereocenters. The number of nitrogens with zero attached hydrogens (tertiary/aromatic N) is 1. The van der Waals surface area contributed by atoms with E-state index in [2.05, 4.69) is 16.0 Å². The second kappa shape index (κ2) is 1.99. The molecule has 49 valence electrons. The van der Waals surface area contributed by atoms with Gasteiger partial charge < -0.3 is 4.98 Å². The maximum atomic E-state index is 5.63. The summed E-state index contributed by atoms with van der Waals surface area (Å²) in [7, 11) is 0. The molecule has 0 aliphatic carbocycles. The van der Waals surface area contributed by atoms with Crippen LogP contribution < -0.4 is 0 Å². The lowest BCUT2D eigenvalue weighted by atomic mass is 10.3. The van der Waals surface area contributed by atoms with Crippen molar-refractivity contribution in [3.63, 3.8) is 0 Å². The van der Waals surface area contributed by atoms with E-state index in [1.807, 2.05) is 0 Å². The third-order valence-corrected chi connectivity index (χ3v) is 1.53. The van der Waals surface area contributed by atoms with E-state index < -0.39 is 0 Å². The molecule has 0 amide bonds. The number of rotatable bonds is 0. The summed E-state index contributed by atoms with van der Waals surface area (Å²) in [6.07, 6.45) is 3.43. The molecule has 2 aromatic heterocycles. The highest BCUT2D eigenvalue weighted by atomic mass is 35.5. The average molecular weight is 152 g/mol. The van der Waals surface area contributed by atoms with Gasteiger partial charge in [-0.25, -0.2) is 4.98 Å². The van der Waals surface area contributed by atoms with Gasteiger partial charge in [-0.15, -0.1) is 0 Å². The van der Waals surface area contributed by atoms with Gasteiger partial charge in [0.15, 0.2) is 0 Å². The fourth-order valence-corrected chi connectivity index (χ4v) is 1.01. The minimum Gasteiger partial charge on any atom is -0.359 e. The third kappa shape index (κ3) is 0.772. The standard InChI is InChI=1S/C7H4ClN2/c8-7-3-5-1-2-9-6(5)4-10-7/h2-4,9H. The van der Waals surface area contributed by atoms with E-state index in [-0.39, 0.29) is 0 Å². The van der Waals surface area contributed by atoms with Crippen molar-refractivity contribution in [1.29, 1.82) is 0 Å². The average Bonchev–Trinajstić information content (AvgIpc) is 2.33. The van der Waals surface area contributed by atoms with Crippen LogP contribution in [0.5, 0.6) is 0 Å². The van der Waals surface area contributed by atoms with E-state index in [1.54, 1.807) is 18.5 Å². The Morgan fingerprint density at radius 2 is 2.50 bits per heavy atom. The Morgan fingerprint density at radius 1 is 1.60 bits per heavy atom. The molecular weight excluding hydrogens is 148 g/mol. The number of fused-ring (bicyclic) bond motifs is 1. The van der Waals surface area contributed by atoms with Crippen LogP contribution in [0, 0.1) is 6.07 Å². The number of aromatic amines is 1. The van der Waals surface area contributed by atoms with Gasteiger partial charge in [-0.3, -0.25) is 0 Å². The highest BCUT2D eigenvalue weighted by Crippen LogP contribution is 2.13. The van der Waals surface area contributed by atoms with Crippen LogP contribution in [0.1, 0.15) is 0 Å². The van der Waals surface area contributed by atoms with Crippen LogP contribution in [0.25, 0.3) is 10.9 Å². The lowest BCUT2D eigenvalue weighted by Crippen LogP contribution is -1.72. The topological polar surface area (TPSA) is 28.7 Å². The lowest BCUT2D eigenvalue weighted by molar-refractivity contribution is 1.34. The van der Waals surface area contributed by atoms with Gasteiger partial charge in [-0.05, 0) is 6.07 Å². The first-order valence-electron chi connectivity index (χ1n) is 2.86. The summed E-state index contributed by atoms with van der Waals surface area (Å²) in [6, 6.07) is 4.75. The quantitative estimate of drug-likeness (QED) is 0.574. The first-order chi connectivity index (χ1) is 4.86. The second-order valence-corrected chi connectivity index (χ2v) is 2.37. The molecule has 0 atom stereocenters. The molecule has 2 nitrogen and oxygen atoms in total. The van der Waals surface area contributed by atoms with Crippen LogP contribution in [0.4, 0.5) is 0 Å². The molecule has 0 spiro atoms. The molecule has 3 heteroatoms. The largest absolute Gasteiger partial charge is 0.359 e. The molecule has 0 fully saturated rings. The first-order valence-corrected chi connectivity index (χ1v) is 3.24. The molecule has 2 rings (SSSR count).